The van der Waals surface area contributed by atoms with Crippen LogP contribution in [-0.2, 0) is 18.3 Å². The Balaban J connectivity index is 1.44. The summed E-state index contributed by atoms with van der Waals surface area (Å²) in [4.78, 5) is 14.9. The fraction of sp³-hybridized carbons (Fsp3) is 0.739. The maximum absolute atomic E-state index is 12.2. The molecule has 1 unspecified atom stereocenters. The molecule has 0 radical (unpaired) electrons. The van der Waals surface area contributed by atoms with Gasteiger partial charge < -0.3 is 5.32 Å². The third-order valence-electron chi connectivity index (χ3n) is 6.66. The largest absolute Gasteiger partial charge is 0.356 e. The third kappa shape index (κ3) is 5.69. The second-order valence-electron chi connectivity index (χ2n) is 9.57. The molecule has 1 aliphatic heterocycles. The minimum absolute atomic E-state index is 0.160. The summed E-state index contributed by atoms with van der Waals surface area (Å²) in [5, 5.41) is 7.34. The average molecular weight is 387 g/mol. The maximum atomic E-state index is 12.2. The van der Waals surface area contributed by atoms with E-state index >= 15 is 0 Å². The minimum atomic E-state index is 0.160. The molecule has 1 fully saturated rings. The van der Waals surface area contributed by atoms with Crippen molar-refractivity contribution in [2.24, 2.45) is 18.4 Å². The molecule has 1 N–H and O–H groups in total. The summed E-state index contributed by atoms with van der Waals surface area (Å²) in [7, 11) is 1.91. The first-order valence-electron chi connectivity index (χ1n) is 11.0. The van der Waals surface area contributed by atoms with E-state index in [9.17, 15) is 4.79 Å². The molecule has 3 rings (SSSR count). The molecule has 1 aromatic rings. The monoisotopic (exact) mass is 386 g/mol. The van der Waals surface area contributed by atoms with Crippen LogP contribution in [0.3, 0.4) is 0 Å². The summed E-state index contributed by atoms with van der Waals surface area (Å²) in [5.74, 6) is 0.733. The summed E-state index contributed by atoms with van der Waals surface area (Å²) in [5.41, 5.74) is 4.75. The molecule has 28 heavy (non-hydrogen) atoms. The predicted molar refractivity (Wildman–Crippen MR) is 114 cm³/mol. The van der Waals surface area contributed by atoms with Gasteiger partial charge in [-0.15, -0.1) is 0 Å². The summed E-state index contributed by atoms with van der Waals surface area (Å²) in [6.45, 7) is 11.4. The number of amides is 1. The molecule has 0 aromatic carbocycles. The van der Waals surface area contributed by atoms with E-state index in [1.807, 2.05) is 19.4 Å². The van der Waals surface area contributed by atoms with E-state index in [2.05, 4.69) is 36.1 Å². The van der Waals surface area contributed by atoms with Crippen LogP contribution in [0.4, 0.5) is 0 Å². The quantitative estimate of drug-likeness (QED) is 0.727. The van der Waals surface area contributed by atoms with Crippen LogP contribution < -0.4 is 5.32 Å². The number of carbonyl (C=O) groups is 1. The molecule has 156 valence electrons. The van der Waals surface area contributed by atoms with Gasteiger partial charge in [-0.3, -0.25) is 14.4 Å². The molecule has 2 heterocycles. The zero-order chi connectivity index (χ0) is 20.1. The van der Waals surface area contributed by atoms with E-state index in [1.165, 1.54) is 38.6 Å². The number of rotatable bonds is 7. The molecule has 2 aliphatic rings. The van der Waals surface area contributed by atoms with Gasteiger partial charge >= 0.3 is 0 Å². The fourth-order valence-corrected chi connectivity index (χ4v) is 4.91. The molecule has 0 saturated carbocycles. The lowest BCUT2D eigenvalue weighted by molar-refractivity contribution is -0.121. The van der Waals surface area contributed by atoms with E-state index < -0.39 is 0 Å². The molecular weight excluding hydrogens is 348 g/mol. The van der Waals surface area contributed by atoms with Gasteiger partial charge in [0.25, 0.3) is 0 Å². The molecule has 0 spiro atoms. The van der Waals surface area contributed by atoms with E-state index in [0.29, 0.717) is 17.8 Å². The van der Waals surface area contributed by atoms with Gasteiger partial charge in [0.1, 0.15) is 0 Å². The Morgan fingerprint density at radius 3 is 2.89 bits per heavy atom. The highest BCUT2D eigenvalue weighted by Crippen LogP contribution is 2.40. The second-order valence-corrected chi connectivity index (χ2v) is 9.57. The first-order valence-corrected chi connectivity index (χ1v) is 11.0. The normalized spacial score (nSPS) is 23.1. The van der Waals surface area contributed by atoms with Crippen LogP contribution in [0.5, 0.6) is 0 Å². The van der Waals surface area contributed by atoms with Gasteiger partial charge in [0, 0.05) is 39.3 Å². The first-order chi connectivity index (χ1) is 13.3. The molecule has 1 amide bonds. The van der Waals surface area contributed by atoms with E-state index in [4.69, 9.17) is 0 Å². The standard InChI is InChI=1S/C23H38N4O/c1-18-7-5-11-23(2,3)21(18)17-27-12-6-8-19(16-27)13-24-22(28)10-9-20-14-25-26(4)15-20/h14-15,19H,5-13,16-17H2,1-4H3,(H,24,28). The number of aryl methyl sites for hydroxylation is 2. The molecule has 1 aromatic heterocycles. The predicted octanol–water partition coefficient (Wildman–Crippen LogP) is 3.71. The van der Waals surface area contributed by atoms with Gasteiger partial charge in [-0.2, -0.15) is 5.10 Å². The van der Waals surface area contributed by atoms with Crippen LogP contribution in [0, 0.1) is 11.3 Å². The van der Waals surface area contributed by atoms with Crippen LogP contribution in [-0.4, -0.2) is 46.8 Å². The minimum Gasteiger partial charge on any atom is -0.356 e. The number of piperidine rings is 1. The van der Waals surface area contributed by atoms with Gasteiger partial charge in [-0.05, 0) is 68.9 Å². The Morgan fingerprint density at radius 2 is 2.18 bits per heavy atom. The lowest BCUT2D eigenvalue weighted by atomic mass is 9.72. The smallest absolute Gasteiger partial charge is 0.220 e. The van der Waals surface area contributed by atoms with Crippen molar-refractivity contribution in [1.82, 2.24) is 20.0 Å². The molecule has 1 saturated heterocycles. The van der Waals surface area contributed by atoms with Crippen LogP contribution in [0.25, 0.3) is 0 Å². The molecule has 0 bridgehead atoms. The van der Waals surface area contributed by atoms with Crippen LogP contribution in [0.1, 0.15) is 64.9 Å². The van der Waals surface area contributed by atoms with Crippen molar-refractivity contribution in [2.45, 2.75) is 65.7 Å². The van der Waals surface area contributed by atoms with Gasteiger partial charge in [0.05, 0.1) is 6.20 Å². The summed E-state index contributed by atoms with van der Waals surface area (Å²) in [6.07, 6.45) is 11.5. The van der Waals surface area contributed by atoms with Crippen molar-refractivity contribution in [3.8, 4) is 0 Å². The number of carbonyl (C=O) groups excluding carboxylic acids is 1. The first kappa shape index (κ1) is 21.1. The van der Waals surface area contributed by atoms with Gasteiger partial charge in [-0.25, -0.2) is 0 Å². The van der Waals surface area contributed by atoms with E-state index in [0.717, 1.165) is 31.6 Å². The van der Waals surface area contributed by atoms with Crippen molar-refractivity contribution in [2.75, 3.05) is 26.2 Å². The lowest BCUT2D eigenvalue weighted by Crippen LogP contribution is -2.43. The second kappa shape index (κ2) is 9.25. The van der Waals surface area contributed by atoms with Crippen molar-refractivity contribution >= 4 is 5.91 Å². The third-order valence-corrected chi connectivity index (χ3v) is 6.66. The van der Waals surface area contributed by atoms with Crippen molar-refractivity contribution in [3.05, 3.63) is 29.1 Å². The van der Waals surface area contributed by atoms with Gasteiger partial charge in [-0.1, -0.05) is 25.0 Å². The van der Waals surface area contributed by atoms with Crippen molar-refractivity contribution < 1.29 is 4.79 Å². The number of nitrogens with zero attached hydrogens (tertiary/aromatic N) is 3. The molecule has 5 heteroatoms. The average Bonchev–Trinajstić information content (AvgIpc) is 3.07. The molecular formula is C23H38N4O. The SMILES string of the molecule is CC1=C(CN2CCCC(CNC(=O)CCc3cnn(C)c3)C2)C(C)(C)CCC1. The van der Waals surface area contributed by atoms with Crippen molar-refractivity contribution in [3.63, 3.8) is 0 Å². The number of aromatic nitrogens is 2. The Bertz CT molecular complexity index is 703. The van der Waals surface area contributed by atoms with Gasteiger partial charge in [0.15, 0.2) is 0 Å². The topological polar surface area (TPSA) is 50.2 Å². The summed E-state index contributed by atoms with van der Waals surface area (Å²) in [6, 6.07) is 0. The van der Waals surface area contributed by atoms with Crippen LogP contribution in [0.15, 0.2) is 23.5 Å². The maximum Gasteiger partial charge on any atom is 0.220 e. The Hall–Kier alpha value is -1.62. The van der Waals surface area contributed by atoms with Crippen molar-refractivity contribution in [1.29, 1.82) is 0 Å². The Morgan fingerprint density at radius 1 is 1.36 bits per heavy atom. The highest BCUT2D eigenvalue weighted by molar-refractivity contribution is 5.76. The highest BCUT2D eigenvalue weighted by Gasteiger charge is 2.30. The number of hydrogen-bond acceptors (Lipinski definition) is 3. The fourth-order valence-electron chi connectivity index (χ4n) is 4.91. The number of hydrogen-bond donors (Lipinski definition) is 1. The summed E-state index contributed by atoms with van der Waals surface area (Å²) < 4.78 is 1.79. The zero-order valence-corrected chi connectivity index (χ0v) is 18.3. The highest BCUT2D eigenvalue weighted by atomic mass is 16.1. The van der Waals surface area contributed by atoms with Gasteiger partial charge in [0.2, 0.25) is 5.91 Å². The van der Waals surface area contributed by atoms with E-state index in [1.54, 1.807) is 15.8 Å². The number of allylic oxidation sites excluding steroid dienone is 1. The molecule has 5 nitrogen and oxygen atoms in total. The number of nitrogens with one attached hydrogen (secondary N) is 1. The lowest BCUT2D eigenvalue weighted by Gasteiger charge is -2.40. The number of likely N-dealkylation sites (tertiary alicyclic amines) is 1. The summed E-state index contributed by atoms with van der Waals surface area (Å²) >= 11 is 0. The van der Waals surface area contributed by atoms with E-state index in [-0.39, 0.29) is 5.91 Å². The zero-order valence-electron chi connectivity index (χ0n) is 18.3. The Kier molecular flexibility index (Phi) is 6.97. The van der Waals surface area contributed by atoms with Crippen LogP contribution in [0.2, 0.25) is 0 Å². The molecule has 1 aliphatic carbocycles. The van der Waals surface area contributed by atoms with Crippen LogP contribution >= 0.6 is 0 Å². The molecule has 1 atom stereocenters. The Labute approximate surface area is 170 Å².